The van der Waals surface area contributed by atoms with Gasteiger partial charge < -0.3 is 40.2 Å². The SMILES string of the molecule is CCC[C@](C)(N=[P+]([O-])Oc1c(OC[C@H]2O[C@@H](n3c(I)nc4c(OC)nc(N)nc43)[C@](C)(O)[C@@H]2O)ccc2ccccc12)C(=O)O. The topological polar surface area (TPSA) is 220 Å². The minimum absolute atomic E-state index is 0.0763. The molecule has 1 aliphatic rings. The lowest BCUT2D eigenvalue weighted by atomic mass is 9.96. The summed E-state index contributed by atoms with van der Waals surface area (Å²) in [4.78, 5) is 37.7. The number of nitrogens with two attached hydrogens (primary N) is 1. The highest BCUT2D eigenvalue weighted by Crippen LogP contribution is 2.44. The van der Waals surface area contributed by atoms with Gasteiger partial charge in [-0.25, -0.2) is 9.78 Å². The first kappa shape index (κ1) is 33.0. The van der Waals surface area contributed by atoms with Crippen LogP contribution in [0.25, 0.3) is 21.9 Å². The molecular formula is C28H32IN6O9P. The Balaban J connectivity index is 1.45. The molecule has 1 unspecified atom stereocenters. The van der Waals surface area contributed by atoms with E-state index in [1.54, 1.807) is 31.2 Å². The lowest BCUT2D eigenvalue weighted by molar-refractivity contribution is -0.170. The van der Waals surface area contributed by atoms with Gasteiger partial charge in [0.2, 0.25) is 23.1 Å². The van der Waals surface area contributed by atoms with Crippen molar-refractivity contribution < 1.29 is 43.7 Å². The number of anilines is 1. The molecule has 240 valence electrons. The number of hydrogen-bond donors (Lipinski definition) is 4. The molecule has 17 heteroatoms. The van der Waals surface area contributed by atoms with Crippen LogP contribution >= 0.6 is 30.8 Å². The molecule has 0 bridgehead atoms. The van der Waals surface area contributed by atoms with Crippen molar-refractivity contribution >= 4 is 64.6 Å². The van der Waals surface area contributed by atoms with Crippen LogP contribution in [0.2, 0.25) is 0 Å². The van der Waals surface area contributed by atoms with Crippen LogP contribution in [0.1, 0.15) is 39.8 Å². The Morgan fingerprint density at radius 2 is 2.02 bits per heavy atom. The van der Waals surface area contributed by atoms with Gasteiger partial charge in [0.1, 0.15) is 24.4 Å². The predicted octanol–water partition coefficient (Wildman–Crippen LogP) is 3.14. The van der Waals surface area contributed by atoms with Gasteiger partial charge in [0.15, 0.2) is 27.0 Å². The zero-order valence-electron chi connectivity index (χ0n) is 24.7. The summed E-state index contributed by atoms with van der Waals surface area (Å²) >= 11 is 1.94. The van der Waals surface area contributed by atoms with Gasteiger partial charge in [-0.3, -0.25) is 9.09 Å². The van der Waals surface area contributed by atoms with Crippen molar-refractivity contribution in [2.75, 3.05) is 19.5 Å². The number of carboxylic acids is 1. The Morgan fingerprint density at radius 3 is 2.71 bits per heavy atom. The van der Waals surface area contributed by atoms with Crippen molar-refractivity contribution in [3.05, 3.63) is 40.2 Å². The zero-order chi connectivity index (χ0) is 32.7. The van der Waals surface area contributed by atoms with E-state index >= 15 is 0 Å². The molecule has 0 spiro atoms. The highest BCUT2D eigenvalue weighted by Gasteiger charge is 2.54. The molecular weight excluding hydrogens is 722 g/mol. The van der Waals surface area contributed by atoms with E-state index in [0.717, 1.165) is 5.39 Å². The van der Waals surface area contributed by atoms with Crippen molar-refractivity contribution in [3.63, 3.8) is 0 Å². The van der Waals surface area contributed by atoms with E-state index in [0.29, 0.717) is 21.2 Å². The maximum Gasteiger partial charge on any atom is 0.395 e. The number of halogens is 1. The lowest BCUT2D eigenvalue weighted by Gasteiger charge is -2.27. The number of imidazole rings is 1. The molecule has 0 amide bonds. The highest BCUT2D eigenvalue weighted by molar-refractivity contribution is 14.1. The molecule has 2 aromatic heterocycles. The molecule has 0 saturated carbocycles. The molecule has 1 aliphatic heterocycles. The lowest BCUT2D eigenvalue weighted by Crippen LogP contribution is -2.45. The number of fused-ring (bicyclic) bond motifs is 2. The summed E-state index contributed by atoms with van der Waals surface area (Å²) in [6, 6.07) is 10.5. The Kier molecular flexibility index (Phi) is 9.35. The summed E-state index contributed by atoms with van der Waals surface area (Å²) in [5, 5.41) is 33.6. The second-order valence-corrected chi connectivity index (χ2v) is 12.7. The van der Waals surface area contributed by atoms with Gasteiger partial charge >= 0.3 is 14.1 Å². The first-order valence-corrected chi connectivity index (χ1v) is 16.1. The van der Waals surface area contributed by atoms with E-state index in [4.69, 9.17) is 24.5 Å². The van der Waals surface area contributed by atoms with E-state index in [1.165, 1.54) is 25.5 Å². The Labute approximate surface area is 272 Å². The minimum atomic E-state index is -2.83. The summed E-state index contributed by atoms with van der Waals surface area (Å²) < 4.78 is 29.1. The van der Waals surface area contributed by atoms with E-state index in [2.05, 4.69) is 19.7 Å². The molecule has 45 heavy (non-hydrogen) atoms. The predicted molar refractivity (Wildman–Crippen MR) is 170 cm³/mol. The van der Waals surface area contributed by atoms with Crippen LogP contribution in [0.15, 0.2) is 41.1 Å². The molecule has 1 fully saturated rings. The number of aromatic nitrogens is 4. The average Bonchev–Trinajstić information content (AvgIpc) is 3.42. The number of aliphatic carboxylic acids is 1. The van der Waals surface area contributed by atoms with Crippen molar-refractivity contribution in [1.82, 2.24) is 19.5 Å². The van der Waals surface area contributed by atoms with Crippen LogP contribution in [0.4, 0.5) is 5.95 Å². The summed E-state index contributed by atoms with van der Waals surface area (Å²) in [7, 11) is -1.42. The second-order valence-electron chi connectivity index (χ2n) is 10.9. The summed E-state index contributed by atoms with van der Waals surface area (Å²) in [5.74, 6) is -0.937. The molecule has 15 nitrogen and oxygen atoms in total. The van der Waals surface area contributed by atoms with Crippen molar-refractivity contribution in [1.29, 1.82) is 0 Å². The van der Waals surface area contributed by atoms with Crippen molar-refractivity contribution in [2.24, 2.45) is 4.74 Å². The van der Waals surface area contributed by atoms with Gasteiger partial charge in [-0.05, 0) is 31.7 Å². The Hall–Kier alpha value is -3.41. The second kappa shape index (κ2) is 12.8. The fourth-order valence-electron chi connectivity index (χ4n) is 5.21. The molecule has 2 aromatic carbocycles. The van der Waals surface area contributed by atoms with Gasteiger partial charge in [0.25, 0.3) is 0 Å². The number of hydrogen-bond acceptors (Lipinski definition) is 13. The zero-order valence-corrected chi connectivity index (χ0v) is 27.8. The molecule has 0 aliphatic carbocycles. The molecule has 4 aromatic rings. The highest BCUT2D eigenvalue weighted by atomic mass is 127. The third-order valence-electron chi connectivity index (χ3n) is 7.58. The molecule has 5 N–H and O–H groups in total. The third kappa shape index (κ3) is 6.22. The monoisotopic (exact) mass is 754 g/mol. The van der Waals surface area contributed by atoms with Crippen molar-refractivity contribution in [2.45, 2.75) is 63.2 Å². The fraction of sp³-hybridized carbons (Fsp3) is 0.429. The van der Waals surface area contributed by atoms with E-state index < -0.39 is 43.7 Å². The standard InChI is InChI=1S/C28H32IN6O9P/c1-5-12-27(2,24(37)38)34-45(40)44-19-15-9-7-6-8-14(15)10-11-16(19)42-13-17-20(36)28(3,39)23(43-17)35-21-18(31-25(35)29)22(41-4)33-26(30)32-21/h6-11,17,20,23,36,39H,5,12-13H2,1-4H3,(H,37,38)(H2,30,32,33)/t17-,20-,23-,27+,28-/m1/s1. The van der Waals surface area contributed by atoms with Crippen LogP contribution in [0.5, 0.6) is 17.4 Å². The van der Waals surface area contributed by atoms with Gasteiger partial charge in [0, 0.05) is 28.0 Å². The van der Waals surface area contributed by atoms with E-state index in [9.17, 15) is 25.0 Å². The average molecular weight is 754 g/mol. The number of nitrogen functional groups attached to an aromatic ring is 1. The first-order valence-electron chi connectivity index (χ1n) is 13.9. The van der Waals surface area contributed by atoms with Crippen LogP contribution in [-0.4, -0.2) is 77.9 Å². The fourth-order valence-corrected chi connectivity index (χ4v) is 6.86. The van der Waals surface area contributed by atoms with Gasteiger partial charge in [-0.2, -0.15) is 9.97 Å². The van der Waals surface area contributed by atoms with Gasteiger partial charge in [-0.15, -0.1) is 0 Å². The van der Waals surface area contributed by atoms with Crippen LogP contribution < -0.4 is 24.6 Å². The number of aliphatic hydroxyl groups is 2. The molecule has 6 atom stereocenters. The minimum Gasteiger partial charge on any atom is -0.575 e. The Morgan fingerprint density at radius 1 is 1.29 bits per heavy atom. The van der Waals surface area contributed by atoms with Gasteiger partial charge in [0.05, 0.1) is 7.11 Å². The number of nitrogens with zero attached hydrogens (tertiary/aromatic N) is 5. The summed E-state index contributed by atoms with van der Waals surface area (Å²) in [6.45, 7) is 4.35. The maximum atomic E-state index is 13.1. The quantitative estimate of drug-likeness (QED) is 0.0984. The normalized spacial score (nSPS) is 23.3. The van der Waals surface area contributed by atoms with Crippen LogP contribution in [-0.2, 0) is 9.53 Å². The molecule has 5 rings (SSSR count). The van der Waals surface area contributed by atoms with E-state index in [1.807, 2.05) is 34.7 Å². The molecule has 0 radical (unpaired) electrons. The van der Waals surface area contributed by atoms with E-state index in [-0.39, 0.29) is 42.0 Å². The molecule has 3 heterocycles. The number of ether oxygens (including phenoxy) is 3. The summed E-state index contributed by atoms with van der Waals surface area (Å²) in [6.07, 6.45) is -2.98. The number of methoxy groups -OCH3 is 1. The van der Waals surface area contributed by atoms with Crippen molar-refractivity contribution in [3.8, 4) is 17.4 Å². The molecule has 1 saturated heterocycles. The number of rotatable bonds is 11. The third-order valence-corrected chi connectivity index (χ3v) is 9.28. The van der Waals surface area contributed by atoms with Crippen LogP contribution in [0, 0.1) is 3.83 Å². The van der Waals surface area contributed by atoms with Crippen LogP contribution in [0.3, 0.4) is 0 Å². The number of aliphatic hydroxyl groups excluding tert-OH is 1. The summed E-state index contributed by atoms with van der Waals surface area (Å²) in [5.41, 5.74) is 2.96. The smallest absolute Gasteiger partial charge is 0.395 e. The number of carbonyl (C=O) groups is 1. The number of carboxylic acid groups (broad SMARTS) is 1. The first-order chi connectivity index (χ1) is 21.3. The number of benzene rings is 2. The van der Waals surface area contributed by atoms with Gasteiger partial charge in [-0.1, -0.05) is 48.4 Å². The largest absolute Gasteiger partial charge is 0.575 e. The Bertz CT molecular complexity index is 1790. The maximum absolute atomic E-state index is 13.1.